The second-order valence-corrected chi connectivity index (χ2v) is 6.01. The Kier molecular flexibility index (Phi) is 4.76. The van der Waals surface area contributed by atoms with Crippen LogP contribution in [0.3, 0.4) is 0 Å². The van der Waals surface area contributed by atoms with Crippen LogP contribution in [0.1, 0.15) is 0 Å². The minimum absolute atomic E-state index is 0.128. The maximum Gasteiger partial charge on any atom is 0.240 e. The monoisotopic (exact) mass is 350 g/mol. The number of amides is 1. The van der Waals surface area contributed by atoms with Crippen LogP contribution in [0, 0.1) is 0 Å². The van der Waals surface area contributed by atoms with Gasteiger partial charge in [0.1, 0.15) is 0 Å². The van der Waals surface area contributed by atoms with Crippen molar-refractivity contribution in [2.24, 2.45) is 0 Å². The summed E-state index contributed by atoms with van der Waals surface area (Å²) in [6, 6.07) is 9.52. The standard InChI is InChI=1S/C18H18N6O2/c25-17(12-24-6-8-26-9-7-24)22-18-19-11-14-4-3-13(10-16(14)21-18)15-2-1-5-20-23-15/h1-5,10-11H,6-9,12H2,(H,19,21,22,25). The molecule has 1 N–H and O–H groups in total. The summed E-state index contributed by atoms with van der Waals surface area (Å²) in [6.07, 6.45) is 3.34. The first kappa shape index (κ1) is 16.5. The zero-order valence-corrected chi connectivity index (χ0v) is 14.1. The highest BCUT2D eigenvalue weighted by atomic mass is 16.5. The van der Waals surface area contributed by atoms with Gasteiger partial charge in [0.2, 0.25) is 11.9 Å². The number of morpholine rings is 1. The van der Waals surface area contributed by atoms with Gasteiger partial charge in [-0.15, -0.1) is 0 Å². The summed E-state index contributed by atoms with van der Waals surface area (Å²) in [5.41, 5.74) is 2.42. The summed E-state index contributed by atoms with van der Waals surface area (Å²) in [4.78, 5) is 22.9. The molecule has 132 valence electrons. The third-order valence-electron chi connectivity index (χ3n) is 4.17. The molecule has 0 saturated carbocycles. The van der Waals surface area contributed by atoms with Gasteiger partial charge >= 0.3 is 0 Å². The van der Waals surface area contributed by atoms with Crippen LogP contribution in [0.5, 0.6) is 0 Å². The number of fused-ring (bicyclic) bond motifs is 1. The number of benzene rings is 1. The molecule has 0 unspecified atom stereocenters. The Bertz CT molecular complexity index is 912. The van der Waals surface area contributed by atoms with Crippen molar-refractivity contribution in [1.29, 1.82) is 0 Å². The number of ether oxygens (including phenoxy) is 1. The first-order valence-corrected chi connectivity index (χ1v) is 8.43. The lowest BCUT2D eigenvalue weighted by atomic mass is 10.1. The SMILES string of the molecule is O=C(CN1CCOCC1)Nc1ncc2ccc(-c3cccnn3)cc2n1. The lowest BCUT2D eigenvalue weighted by Gasteiger charge is -2.25. The van der Waals surface area contributed by atoms with Gasteiger partial charge in [-0.1, -0.05) is 12.1 Å². The number of carbonyl (C=O) groups is 1. The Morgan fingerprint density at radius 3 is 2.92 bits per heavy atom. The largest absolute Gasteiger partial charge is 0.379 e. The molecule has 0 aliphatic carbocycles. The van der Waals surface area contributed by atoms with Gasteiger partial charge in [0.05, 0.1) is 31.0 Å². The summed E-state index contributed by atoms with van der Waals surface area (Å²) in [5, 5.41) is 11.7. The number of nitrogens with zero attached hydrogens (tertiary/aromatic N) is 5. The molecule has 26 heavy (non-hydrogen) atoms. The lowest BCUT2D eigenvalue weighted by Crippen LogP contribution is -2.41. The molecule has 8 heteroatoms. The highest BCUT2D eigenvalue weighted by Gasteiger charge is 2.15. The number of carbonyl (C=O) groups excluding carboxylic acids is 1. The van der Waals surface area contributed by atoms with Crippen molar-refractivity contribution in [3.05, 3.63) is 42.7 Å². The Labute approximate surface area is 150 Å². The quantitative estimate of drug-likeness (QED) is 0.759. The van der Waals surface area contributed by atoms with Crippen molar-refractivity contribution in [1.82, 2.24) is 25.1 Å². The molecule has 3 aromatic rings. The number of aromatic nitrogens is 4. The Morgan fingerprint density at radius 2 is 2.12 bits per heavy atom. The summed E-state index contributed by atoms with van der Waals surface area (Å²) in [5.74, 6) is 0.170. The molecule has 4 rings (SSSR count). The maximum atomic E-state index is 12.2. The highest BCUT2D eigenvalue weighted by molar-refractivity contribution is 5.92. The lowest BCUT2D eigenvalue weighted by molar-refractivity contribution is -0.118. The van der Waals surface area contributed by atoms with Crippen LogP contribution in [0.25, 0.3) is 22.2 Å². The number of anilines is 1. The molecule has 0 radical (unpaired) electrons. The number of hydrogen-bond acceptors (Lipinski definition) is 7. The molecule has 0 spiro atoms. The predicted molar refractivity (Wildman–Crippen MR) is 96.5 cm³/mol. The summed E-state index contributed by atoms with van der Waals surface area (Å²) < 4.78 is 5.29. The van der Waals surface area contributed by atoms with Crippen LogP contribution < -0.4 is 5.32 Å². The molecule has 1 saturated heterocycles. The molecule has 1 aliphatic rings. The molecular formula is C18H18N6O2. The molecule has 3 heterocycles. The Morgan fingerprint density at radius 1 is 1.23 bits per heavy atom. The molecule has 2 aromatic heterocycles. The second kappa shape index (κ2) is 7.51. The molecular weight excluding hydrogens is 332 g/mol. The molecule has 1 fully saturated rings. The van der Waals surface area contributed by atoms with E-state index in [9.17, 15) is 4.79 Å². The van der Waals surface area contributed by atoms with E-state index in [-0.39, 0.29) is 5.91 Å². The average molecular weight is 350 g/mol. The van der Waals surface area contributed by atoms with E-state index >= 15 is 0 Å². The van der Waals surface area contributed by atoms with E-state index in [4.69, 9.17) is 4.74 Å². The van der Waals surface area contributed by atoms with Gasteiger partial charge in [-0.2, -0.15) is 10.2 Å². The molecule has 8 nitrogen and oxygen atoms in total. The Hall–Kier alpha value is -2.97. The highest BCUT2D eigenvalue weighted by Crippen LogP contribution is 2.21. The van der Waals surface area contributed by atoms with Crippen molar-refractivity contribution >= 4 is 22.8 Å². The fourth-order valence-corrected chi connectivity index (χ4v) is 2.82. The van der Waals surface area contributed by atoms with E-state index in [2.05, 4.69) is 25.5 Å². The molecule has 0 atom stereocenters. The van der Waals surface area contributed by atoms with Gasteiger partial charge in [0.15, 0.2) is 0 Å². The zero-order valence-electron chi connectivity index (χ0n) is 14.1. The second-order valence-electron chi connectivity index (χ2n) is 6.01. The van der Waals surface area contributed by atoms with E-state index in [0.29, 0.717) is 25.7 Å². The minimum Gasteiger partial charge on any atom is -0.379 e. The normalized spacial score (nSPS) is 15.1. The van der Waals surface area contributed by atoms with Crippen molar-refractivity contribution in [3.8, 4) is 11.3 Å². The van der Waals surface area contributed by atoms with Crippen LogP contribution in [0.4, 0.5) is 5.95 Å². The van der Waals surface area contributed by atoms with E-state index in [1.807, 2.05) is 35.2 Å². The van der Waals surface area contributed by atoms with Crippen molar-refractivity contribution in [2.45, 2.75) is 0 Å². The van der Waals surface area contributed by atoms with Gasteiger partial charge in [-0.3, -0.25) is 15.0 Å². The third-order valence-corrected chi connectivity index (χ3v) is 4.17. The van der Waals surface area contributed by atoms with Gasteiger partial charge in [0.25, 0.3) is 0 Å². The number of nitrogens with one attached hydrogen (secondary N) is 1. The van der Waals surface area contributed by atoms with Crippen LogP contribution in [-0.2, 0) is 9.53 Å². The zero-order chi connectivity index (χ0) is 17.8. The first-order chi connectivity index (χ1) is 12.8. The smallest absolute Gasteiger partial charge is 0.240 e. The summed E-state index contributed by atoms with van der Waals surface area (Å²) in [6.45, 7) is 3.14. The van der Waals surface area contributed by atoms with Gasteiger partial charge in [0, 0.05) is 36.4 Å². The fraction of sp³-hybridized carbons (Fsp3) is 0.278. The van der Waals surface area contributed by atoms with Crippen molar-refractivity contribution < 1.29 is 9.53 Å². The minimum atomic E-state index is -0.128. The summed E-state index contributed by atoms with van der Waals surface area (Å²) >= 11 is 0. The van der Waals surface area contributed by atoms with Gasteiger partial charge in [-0.25, -0.2) is 9.97 Å². The Balaban J connectivity index is 1.51. The van der Waals surface area contributed by atoms with Crippen LogP contribution in [0.2, 0.25) is 0 Å². The summed E-state index contributed by atoms with van der Waals surface area (Å²) in [7, 11) is 0. The van der Waals surface area contributed by atoms with E-state index < -0.39 is 0 Å². The van der Waals surface area contributed by atoms with Gasteiger partial charge < -0.3 is 4.74 Å². The van der Waals surface area contributed by atoms with Crippen molar-refractivity contribution in [3.63, 3.8) is 0 Å². The number of hydrogen-bond donors (Lipinski definition) is 1. The van der Waals surface area contributed by atoms with Crippen LogP contribution in [-0.4, -0.2) is 63.8 Å². The predicted octanol–water partition coefficient (Wildman–Crippen LogP) is 1.36. The molecule has 1 aliphatic heterocycles. The van der Waals surface area contributed by atoms with E-state index in [0.717, 1.165) is 35.2 Å². The van der Waals surface area contributed by atoms with Crippen molar-refractivity contribution in [2.75, 3.05) is 38.2 Å². The van der Waals surface area contributed by atoms with Gasteiger partial charge in [-0.05, 0) is 18.2 Å². The van der Waals surface area contributed by atoms with Crippen LogP contribution in [0.15, 0.2) is 42.7 Å². The fourth-order valence-electron chi connectivity index (χ4n) is 2.82. The van der Waals surface area contributed by atoms with Crippen LogP contribution >= 0.6 is 0 Å². The topological polar surface area (TPSA) is 93.1 Å². The molecule has 1 aromatic carbocycles. The molecule has 1 amide bonds. The molecule has 0 bridgehead atoms. The third kappa shape index (κ3) is 3.81. The first-order valence-electron chi connectivity index (χ1n) is 8.43. The number of rotatable bonds is 4. The average Bonchev–Trinajstić information content (AvgIpc) is 2.69. The maximum absolute atomic E-state index is 12.2. The van der Waals surface area contributed by atoms with E-state index in [1.54, 1.807) is 12.4 Å². The van der Waals surface area contributed by atoms with E-state index in [1.165, 1.54) is 0 Å².